The summed E-state index contributed by atoms with van der Waals surface area (Å²) in [7, 11) is 0. The van der Waals surface area contributed by atoms with Crippen LogP contribution in [0.25, 0.3) is 0 Å². The number of amides is 3. The number of carbonyl (C=O) groups is 6. The fourth-order valence-corrected chi connectivity index (χ4v) is 2.84. The molecule has 0 saturated heterocycles. The van der Waals surface area contributed by atoms with E-state index in [2.05, 4.69) is 16.0 Å². The SMILES string of the molecule is CC(C)CC(NC(=O)C(NC(=O)C(CCC(=O)O)NC(=O)C(N)CC(=O)O)C(C)C)C(=O)O. The van der Waals surface area contributed by atoms with E-state index in [1.807, 2.05) is 0 Å². The molecule has 13 nitrogen and oxygen atoms in total. The van der Waals surface area contributed by atoms with E-state index in [9.17, 15) is 33.9 Å². The molecule has 4 unspecified atom stereocenters. The summed E-state index contributed by atoms with van der Waals surface area (Å²) < 4.78 is 0. The van der Waals surface area contributed by atoms with Crippen molar-refractivity contribution in [1.29, 1.82) is 0 Å². The highest BCUT2D eigenvalue weighted by molar-refractivity contribution is 5.95. The molecule has 188 valence electrons. The summed E-state index contributed by atoms with van der Waals surface area (Å²) in [6, 6.07) is -5.23. The van der Waals surface area contributed by atoms with Gasteiger partial charge in [0.25, 0.3) is 0 Å². The minimum Gasteiger partial charge on any atom is -0.481 e. The molecule has 4 atom stereocenters. The highest BCUT2D eigenvalue weighted by atomic mass is 16.4. The molecule has 33 heavy (non-hydrogen) atoms. The second kappa shape index (κ2) is 14.0. The average Bonchev–Trinajstić information content (AvgIpc) is 2.66. The number of nitrogens with one attached hydrogen (secondary N) is 3. The third-order valence-corrected chi connectivity index (χ3v) is 4.58. The van der Waals surface area contributed by atoms with E-state index in [1.54, 1.807) is 27.7 Å². The Hall–Kier alpha value is -3.22. The van der Waals surface area contributed by atoms with Crippen molar-refractivity contribution in [2.75, 3.05) is 0 Å². The van der Waals surface area contributed by atoms with Crippen molar-refractivity contribution in [2.24, 2.45) is 17.6 Å². The van der Waals surface area contributed by atoms with Crippen molar-refractivity contribution in [3.05, 3.63) is 0 Å². The molecule has 0 spiro atoms. The first-order valence-corrected chi connectivity index (χ1v) is 10.5. The van der Waals surface area contributed by atoms with Gasteiger partial charge in [-0.15, -0.1) is 0 Å². The molecule has 0 aromatic carbocycles. The van der Waals surface area contributed by atoms with Crippen molar-refractivity contribution < 1.29 is 44.1 Å². The highest BCUT2D eigenvalue weighted by Crippen LogP contribution is 2.09. The highest BCUT2D eigenvalue weighted by Gasteiger charge is 2.32. The van der Waals surface area contributed by atoms with Gasteiger partial charge in [-0.2, -0.15) is 0 Å². The van der Waals surface area contributed by atoms with Gasteiger partial charge in [-0.1, -0.05) is 27.7 Å². The molecule has 0 heterocycles. The largest absolute Gasteiger partial charge is 0.481 e. The maximum absolute atomic E-state index is 12.8. The van der Waals surface area contributed by atoms with Gasteiger partial charge in [0.1, 0.15) is 18.1 Å². The molecule has 0 aliphatic heterocycles. The van der Waals surface area contributed by atoms with Gasteiger partial charge in [0.15, 0.2) is 0 Å². The van der Waals surface area contributed by atoms with Crippen LogP contribution in [0.15, 0.2) is 0 Å². The lowest BCUT2D eigenvalue weighted by Crippen LogP contribution is -2.58. The fraction of sp³-hybridized carbons (Fsp3) is 0.700. The van der Waals surface area contributed by atoms with Crippen LogP contribution >= 0.6 is 0 Å². The maximum Gasteiger partial charge on any atom is 0.326 e. The molecule has 0 aromatic rings. The van der Waals surface area contributed by atoms with Gasteiger partial charge in [0, 0.05) is 6.42 Å². The second-order valence-electron chi connectivity index (χ2n) is 8.46. The van der Waals surface area contributed by atoms with Gasteiger partial charge in [-0.3, -0.25) is 24.0 Å². The summed E-state index contributed by atoms with van der Waals surface area (Å²) in [5, 5.41) is 34.0. The standard InChI is InChI=1S/C20H34N4O9/c1-9(2)7-13(20(32)33)23-19(31)16(10(3)4)24-18(30)12(5-6-14(25)26)22-17(29)11(21)8-15(27)28/h9-13,16H,5-8,21H2,1-4H3,(H,22,29)(H,23,31)(H,24,30)(H,25,26)(H,27,28)(H,32,33). The van der Waals surface area contributed by atoms with Crippen molar-refractivity contribution in [1.82, 2.24) is 16.0 Å². The van der Waals surface area contributed by atoms with Crippen LogP contribution < -0.4 is 21.7 Å². The number of hydrogen-bond donors (Lipinski definition) is 7. The van der Waals surface area contributed by atoms with Gasteiger partial charge in [-0.25, -0.2) is 4.79 Å². The summed E-state index contributed by atoms with van der Waals surface area (Å²) in [5.41, 5.74) is 5.48. The van der Waals surface area contributed by atoms with Crippen molar-refractivity contribution >= 4 is 35.6 Å². The molecule has 0 saturated carbocycles. The van der Waals surface area contributed by atoms with Crippen molar-refractivity contribution in [2.45, 2.75) is 77.5 Å². The zero-order valence-electron chi connectivity index (χ0n) is 19.2. The minimum absolute atomic E-state index is 0.0240. The van der Waals surface area contributed by atoms with Gasteiger partial charge < -0.3 is 37.0 Å². The number of carboxylic acid groups (broad SMARTS) is 3. The van der Waals surface area contributed by atoms with E-state index >= 15 is 0 Å². The maximum atomic E-state index is 12.8. The number of nitrogens with two attached hydrogens (primary N) is 1. The summed E-state index contributed by atoms with van der Waals surface area (Å²) >= 11 is 0. The molecule has 8 N–H and O–H groups in total. The number of carbonyl (C=O) groups excluding carboxylic acids is 3. The Bertz CT molecular complexity index is 739. The normalized spacial score (nSPS) is 14.6. The first-order valence-electron chi connectivity index (χ1n) is 10.5. The predicted molar refractivity (Wildman–Crippen MR) is 115 cm³/mol. The van der Waals surface area contributed by atoms with Gasteiger partial charge in [0.2, 0.25) is 17.7 Å². The Kier molecular flexibility index (Phi) is 12.7. The molecule has 0 radical (unpaired) electrons. The lowest BCUT2D eigenvalue weighted by atomic mass is 9.99. The molecule has 0 fully saturated rings. The van der Waals surface area contributed by atoms with E-state index < -0.39 is 78.6 Å². The van der Waals surface area contributed by atoms with E-state index in [0.717, 1.165) is 0 Å². The van der Waals surface area contributed by atoms with Crippen molar-refractivity contribution in [3.63, 3.8) is 0 Å². The molecule has 0 aliphatic carbocycles. The predicted octanol–water partition coefficient (Wildman–Crippen LogP) is -1.11. The summed E-state index contributed by atoms with van der Waals surface area (Å²) in [6.07, 6.45) is -1.38. The van der Waals surface area contributed by atoms with Crippen LogP contribution in [0, 0.1) is 11.8 Å². The van der Waals surface area contributed by atoms with Gasteiger partial charge in [-0.05, 0) is 24.7 Å². The average molecular weight is 475 g/mol. The lowest BCUT2D eigenvalue weighted by Gasteiger charge is -2.27. The zero-order chi connectivity index (χ0) is 25.9. The minimum atomic E-state index is -1.47. The smallest absolute Gasteiger partial charge is 0.326 e. The molecular weight excluding hydrogens is 440 g/mol. The fourth-order valence-electron chi connectivity index (χ4n) is 2.84. The number of hydrogen-bond acceptors (Lipinski definition) is 7. The lowest BCUT2D eigenvalue weighted by molar-refractivity contribution is -0.143. The second-order valence-corrected chi connectivity index (χ2v) is 8.46. The molecule has 3 amide bonds. The van der Waals surface area contributed by atoms with Gasteiger partial charge in [0.05, 0.1) is 12.5 Å². The van der Waals surface area contributed by atoms with Crippen LogP contribution in [0.2, 0.25) is 0 Å². The zero-order valence-corrected chi connectivity index (χ0v) is 19.2. The van der Waals surface area contributed by atoms with E-state index in [-0.39, 0.29) is 18.8 Å². The summed E-state index contributed by atoms with van der Waals surface area (Å²) in [6.45, 7) is 6.79. The number of rotatable bonds is 15. The molecule has 0 rings (SSSR count). The first kappa shape index (κ1) is 29.8. The Morgan fingerprint density at radius 3 is 1.73 bits per heavy atom. The Labute approximate surface area is 191 Å². The number of carboxylic acids is 3. The third kappa shape index (κ3) is 11.8. The van der Waals surface area contributed by atoms with Crippen LogP contribution in [0.3, 0.4) is 0 Å². The van der Waals surface area contributed by atoms with Crippen LogP contribution in [0.5, 0.6) is 0 Å². The molecule has 13 heteroatoms. The topological polar surface area (TPSA) is 225 Å². The Balaban J connectivity index is 5.50. The van der Waals surface area contributed by atoms with Crippen LogP contribution in [0.4, 0.5) is 0 Å². The van der Waals surface area contributed by atoms with E-state index in [0.29, 0.717) is 0 Å². The third-order valence-electron chi connectivity index (χ3n) is 4.58. The van der Waals surface area contributed by atoms with Crippen LogP contribution in [-0.2, 0) is 28.8 Å². The quantitative estimate of drug-likeness (QED) is 0.151. The summed E-state index contributed by atoms with van der Waals surface area (Å²) in [4.78, 5) is 70.8. The summed E-state index contributed by atoms with van der Waals surface area (Å²) in [5.74, 6) is -6.94. The van der Waals surface area contributed by atoms with Crippen LogP contribution in [0.1, 0.15) is 53.4 Å². The molecular formula is C20H34N4O9. The van der Waals surface area contributed by atoms with E-state index in [4.69, 9.17) is 15.9 Å². The molecule has 0 bridgehead atoms. The Morgan fingerprint density at radius 2 is 1.30 bits per heavy atom. The number of aliphatic carboxylic acids is 3. The van der Waals surface area contributed by atoms with Crippen LogP contribution in [-0.4, -0.2) is 75.1 Å². The first-order chi connectivity index (χ1) is 15.1. The van der Waals surface area contributed by atoms with Gasteiger partial charge >= 0.3 is 17.9 Å². The molecule has 0 aromatic heterocycles. The molecule has 0 aliphatic rings. The van der Waals surface area contributed by atoms with E-state index in [1.165, 1.54) is 0 Å². The van der Waals surface area contributed by atoms with Crippen molar-refractivity contribution in [3.8, 4) is 0 Å². The monoisotopic (exact) mass is 474 g/mol. The Morgan fingerprint density at radius 1 is 0.758 bits per heavy atom.